The summed E-state index contributed by atoms with van der Waals surface area (Å²) in [5.74, 6) is 1.50. The fraction of sp³-hybridized carbons (Fsp3) is 0.836. The van der Waals surface area contributed by atoms with Gasteiger partial charge >= 0.3 is 0 Å². The molecule has 0 aromatic heterocycles. The first-order valence-electron chi connectivity index (χ1n) is 59.0. The Labute approximate surface area is 836 Å². The minimum Gasteiger partial charge on any atom is -0.390 e. The lowest BCUT2D eigenvalue weighted by atomic mass is 10.0. The summed E-state index contributed by atoms with van der Waals surface area (Å²) in [5.41, 5.74) is 15.6. The fourth-order valence-electron chi connectivity index (χ4n) is 18.5. The average Bonchev–Trinajstić information content (AvgIpc) is 0.902. The highest BCUT2D eigenvalue weighted by Crippen LogP contribution is 2.21. The van der Waals surface area contributed by atoms with Crippen molar-refractivity contribution in [3.63, 3.8) is 0 Å². The average molecular weight is 1880 g/mol. The molecule has 0 saturated carbocycles. The number of nitrogens with zero attached hydrogens (tertiary/aromatic N) is 4. The smallest absolute Gasteiger partial charge is 0.0820 e. The summed E-state index contributed by atoms with van der Waals surface area (Å²) < 4.78 is 12.2. The summed E-state index contributed by atoms with van der Waals surface area (Å²) in [6, 6.07) is 20.1. The third-order valence-electron chi connectivity index (χ3n) is 28.1. The lowest BCUT2D eigenvalue weighted by Crippen LogP contribution is -2.46. The summed E-state index contributed by atoms with van der Waals surface area (Å²) in [6.07, 6.45) is 108. The summed E-state index contributed by atoms with van der Waals surface area (Å²) >= 11 is 0. The summed E-state index contributed by atoms with van der Waals surface area (Å²) in [5, 5.41) is 29.2. The van der Waals surface area contributed by atoms with Crippen LogP contribution in [0.2, 0.25) is 0 Å². The summed E-state index contributed by atoms with van der Waals surface area (Å²) in [7, 11) is 0. The molecule has 2 fully saturated rings. The third-order valence-corrected chi connectivity index (χ3v) is 28.1. The van der Waals surface area contributed by atoms with Gasteiger partial charge in [-0.05, 0) is 268 Å². The van der Waals surface area contributed by atoms with E-state index in [4.69, 9.17) is 20.9 Å². The van der Waals surface area contributed by atoms with Gasteiger partial charge in [-0.3, -0.25) is 0 Å². The van der Waals surface area contributed by atoms with Crippen LogP contribution in [0, 0.1) is 11.8 Å². The first kappa shape index (κ1) is 129. The zero-order chi connectivity index (χ0) is 96.7. The molecule has 0 bridgehead atoms. The number of aliphatic hydroxyl groups is 2. The molecule has 0 spiro atoms. The van der Waals surface area contributed by atoms with Crippen molar-refractivity contribution in [3.8, 4) is 0 Å². The number of nitrogens with two attached hydrogens (primary N) is 2. The maximum atomic E-state index is 11.3. The van der Waals surface area contributed by atoms with Gasteiger partial charge in [-0.1, -0.05) is 421 Å². The number of rotatable bonds is 94. The second-order valence-corrected chi connectivity index (χ2v) is 41.4. The molecule has 2 aromatic rings. The molecule has 12 nitrogen and oxygen atoms in total. The highest BCUT2D eigenvalue weighted by molar-refractivity contribution is 5.17. The number of nitrogens with one attached hydrogen (secondary N) is 2. The van der Waals surface area contributed by atoms with E-state index in [2.05, 4.69) is 158 Å². The first-order valence-corrected chi connectivity index (χ1v) is 59.0. The van der Waals surface area contributed by atoms with E-state index >= 15 is 0 Å². The summed E-state index contributed by atoms with van der Waals surface area (Å²) in [4.78, 5) is 10.3. The van der Waals surface area contributed by atoms with E-state index in [9.17, 15) is 10.2 Å². The maximum absolute atomic E-state index is 11.3. The van der Waals surface area contributed by atoms with E-state index < -0.39 is 12.2 Å². The standard InChI is InChI=1S/C60H106N4O2.C52H104N2O2.2C5H11N/c1-3-5-7-9-11-13-15-17-19-21-23-25-27-29-31-39-47-63(53-59(65)57(61)51-55-43-35-33-36-44-55)49-41-42-50-64(54-60(66)58(62)52-56-45-37-34-38-46-56)48-40-32-30-28-26-24-22-20-18-16-14-12-10-8-6-4-2;1-7-11-13-15-17-19-21-23-25-27-29-31-33-35-37-39-41-53(49-51(5)9-3)43-45-55-47-48-56-46-44-54(50-52(6)10-4)42-40-38-36-34-32-30-28-26-24-22-20-18-16-14-12-8-2;2*1-2-4-6-5-3-1/h17-20,33-38,43-46,57-60,65-66H,3-16,21-32,39-42,47-54,61-62H2,1-2H3;23-26,51-52H,7-22,27-50H2,1-6H3;2*6H,1-5H2/b19-17-,20-18-;25-23-,26-24-;;. The van der Waals surface area contributed by atoms with Crippen LogP contribution in [-0.2, 0) is 22.3 Å². The van der Waals surface area contributed by atoms with Crippen molar-refractivity contribution >= 4 is 0 Å². The molecule has 0 aliphatic carbocycles. The number of hydrogen-bond acceptors (Lipinski definition) is 12. The second-order valence-electron chi connectivity index (χ2n) is 41.4. The number of piperidine rings is 2. The fourth-order valence-corrected chi connectivity index (χ4v) is 18.5. The minimum atomic E-state index is -0.566. The van der Waals surface area contributed by atoms with Crippen molar-refractivity contribution in [1.29, 1.82) is 0 Å². The van der Waals surface area contributed by atoms with Crippen LogP contribution >= 0.6 is 0 Å². The third kappa shape index (κ3) is 92.6. The molecule has 2 heterocycles. The highest BCUT2D eigenvalue weighted by Gasteiger charge is 2.22. The van der Waals surface area contributed by atoms with E-state index in [1.165, 1.54) is 462 Å². The Hall–Kier alpha value is -3.08. The Balaban J connectivity index is 0.00000120. The largest absolute Gasteiger partial charge is 0.390 e. The van der Waals surface area contributed by atoms with Crippen LogP contribution in [-0.4, -0.2) is 185 Å². The molecule has 2 aromatic carbocycles. The molecule has 2 saturated heterocycles. The van der Waals surface area contributed by atoms with Crippen LogP contribution in [0.3, 0.4) is 0 Å². The van der Waals surface area contributed by atoms with E-state index in [-0.39, 0.29) is 12.1 Å². The predicted molar refractivity (Wildman–Crippen MR) is 595 cm³/mol. The van der Waals surface area contributed by atoms with Crippen LogP contribution < -0.4 is 22.1 Å². The SMILES string of the molecule is C1CCNCC1.C1CCNCC1.CCCCCCCC/C=C\CCCCCCCCN(CCCCN(CCCCCCCC/C=C\CCCCCCCC)CC(O)C(N)Cc1ccccc1)CC(O)C(N)Cc1ccccc1.CCCCCCCC/C=C\CCCCCCCCN(CCOCCOCCN(CCCCCCCC/C=C\CCCCCCCC)CC(C)CC)CC(C)CC. The Kier molecular flexibility index (Phi) is 102. The predicted octanol–water partition coefficient (Wildman–Crippen LogP) is 31.6. The van der Waals surface area contributed by atoms with Crippen molar-refractivity contribution < 1.29 is 19.7 Å². The number of benzene rings is 2. The van der Waals surface area contributed by atoms with Gasteiger partial charge in [-0.2, -0.15) is 0 Å². The van der Waals surface area contributed by atoms with Gasteiger partial charge in [0.15, 0.2) is 0 Å². The Morgan fingerprint density at radius 1 is 0.269 bits per heavy atom. The maximum Gasteiger partial charge on any atom is 0.0820 e. The molecular weight excluding hydrogens is 1640 g/mol. The molecule has 134 heavy (non-hydrogen) atoms. The quantitative estimate of drug-likeness (QED) is 0.0277. The topological polar surface area (TPSA) is 148 Å². The van der Waals surface area contributed by atoms with Crippen LogP contribution in [0.4, 0.5) is 0 Å². The van der Waals surface area contributed by atoms with Crippen molar-refractivity contribution in [2.45, 2.75) is 516 Å². The normalized spacial score (nSPS) is 14.6. The van der Waals surface area contributed by atoms with Gasteiger partial charge in [-0.15, -0.1) is 0 Å². The highest BCUT2D eigenvalue weighted by atomic mass is 16.5. The van der Waals surface area contributed by atoms with E-state index in [1.54, 1.807) is 0 Å². The van der Waals surface area contributed by atoms with E-state index in [0.29, 0.717) is 39.1 Å². The molecular formula is C122H232N8O4. The molecule has 8 N–H and O–H groups in total. The first-order chi connectivity index (χ1) is 66.0. The lowest BCUT2D eigenvalue weighted by molar-refractivity contribution is 0.0285. The number of ether oxygens (including phenoxy) is 2. The zero-order valence-corrected chi connectivity index (χ0v) is 90.7. The van der Waals surface area contributed by atoms with Crippen molar-refractivity contribution in [3.05, 3.63) is 120 Å². The Bertz CT molecular complexity index is 2470. The molecule has 784 valence electrons. The second kappa shape index (κ2) is 106. The van der Waals surface area contributed by atoms with Gasteiger partial charge in [0.05, 0.1) is 38.6 Å². The molecule has 4 rings (SSSR count). The molecule has 0 radical (unpaired) electrons. The number of hydrogen-bond donors (Lipinski definition) is 6. The Morgan fingerprint density at radius 3 is 0.687 bits per heavy atom. The van der Waals surface area contributed by atoms with Crippen molar-refractivity contribution in [2.24, 2.45) is 23.3 Å². The van der Waals surface area contributed by atoms with Gasteiger partial charge in [0.1, 0.15) is 0 Å². The van der Waals surface area contributed by atoms with Crippen LogP contribution in [0.5, 0.6) is 0 Å². The molecule has 12 heteroatoms. The van der Waals surface area contributed by atoms with Gasteiger partial charge in [0.2, 0.25) is 0 Å². The summed E-state index contributed by atoms with van der Waals surface area (Å²) in [6.45, 7) is 38.8. The van der Waals surface area contributed by atoms with Gasteiger partial charge in [0.25, 0.3) is 0 Å². The lowest BCUT2D eigenvalue weighted by Gasteiger charge is -2.30. The molecule has 6 atom stereocenters. The van der Waals surface area contributed by atoms with Crippen LogP contribution in [0.25, 0.3) is 0 Å². The molecule has 2 aliphatic rings. The van der Waals surface area contributed by atoms with E-state index in [1.807, 2.05) is 36.4 Å². The Morgan fingerprint density at radius 2 is 0.478 bits per heavy atom. The number of aliphatic hydroxyl groups excluding tert-OH is 2. The number of unbranched alkanes of at least 4 members (excludes halogenated alkanes) is 49. The van der Waals surface area contributed by atoms with Crippen molar-refractivity contribution in [2.75, 3.05) is 131 Å². The molecule has 6 unspecified atom stereocenters. The van der Waals surface area contributed by atoms with Gasteiger partial charge < -0.3 is 61.4 Å². The van der Waals surface area contributed by atoms with Crippen LogP contribution in [0.15, 0.2) is 109 Å². The van der Waals surface area contributed by atoms with Crippen molar-refractivity contribution in [1.82, 2.24) is 30.2 Å². The van der Waals surface area contributed by atoms with E-state index in [0.717, 1.165) is 90.0 Å². The minimum absolute atomic E-state index is 0.289. The number of allylic oxidation sites excluding steroid dienone is 8. The van der Waals surface area contributed by atoms with Gasteiger partial charge in [0, 0.05) is 51.4 Å². The molecule has 2 aliphatic heterocycles. The van der Waals surface area contributed by atoms with Crippen LogP contribution in [0.1, 0.15) is 490 Å². The van der Waals surface area contributed by atoms with Gasteiger partial charge in [-0.25, -0.2) is 0 Å². The monoisotopic (exact) mass is 1870 g/mol. The zero-order valence-electron chi connectivity index (χ0n) is 90.7. The molecule has 0 amide bonds.